The molecule has 0 aliphatic carbocycles. The van der Waals surface area contributed by atoms with Gasteiger partial charge < -0.3 is 35.7 Å². The molecule has 6 N–H and O–H groups in total. The van der Waals surface area contributed by atoms with Crippen molar-refractivity contribution < 1.29 is 25.5 Å². The van der Waals surface area contributed by atoms with Gasteiger partial charge in [0.25, 0.3) is 0 Å². The van der Waals surface area contributed by atoms with Crippen LogP contribution in [0.25, 0.3) is 0 Å². The first-order valence-corrected chi connectivity index (χ1v) is 6.08. The molecule has 0 bridgehead atoms. The lowest BCUT2D eigenvalue weighted by molar-refractivity contribution is -0.113. The summed E-state index contributed by atoms with van der Waals surface area (Å²) in [4.78, 5) is 2.04. The molecule has 0 aliphatic rings. The molecule has 18 heavy (non-hydrogen) atoms. The van der Waals surface area contributed by atoms with E-state index in [4.69, 9.17) is 10.2 Å². The number of hydrogen-bond acceptors (Lipinski definition) is 7. The summed E-state index contributed by atoms with van der Waals surface area (Å²) in [6.45, 7) is 1.04. The van der Waals surface area contributed by atoms with Gasteiger partial charge in [-0.2, -0.15) is 0 Å². The third-order valence-corrected chi connectivity index (χ3v) is 2.64. The van der Waals surface area contributed by atoms with Crippen LogP contribution in [0, 0.1) is 0 Å². The van der Waals surface area contributed by atoms with Gasteiger partial charge in [0.15, 0.2) is 0 Å². The molecule has 4 unspecified atom stereocenters. The molecule has 4 atom stereocenters. The molecule has 7 heteroatoms. The highest BCUT2D eigenvalue weighted by Crippen LogP contribution is 2.04. The van der Waals surface area contributed by atoms with E-state index < -0.39 is 31.0 Å². The van der Waals surface area contributed by atoms with Crippen LogP contribution in [0.15, 0.2) is 0 Å². The number of aliphatic hydroxyl groups excluding tert-OH is 5. The van der Waals surface area contributed by atoms with Crippen molar-refractivity contribution >= 4 is 0 Å². The van der Waals surface area contributed by atoms with Crippen LogP contribution >= 0.6 is 0 Å². The third-order valence-electron chi connectivity index (χ3n) is 2.64. The summed E-state index contributed by atoms with van der Waals surface area (Å²) in [5, 5.41) is 49.1. The Balaban J connectivity index is 3.77. The van der Waals surface area contributed by atoms with E-state index in [1.807, 2.05) is 19.0 Å². The Morgan fingerprint density at radius 1 is 1.00 bits per heavy atom. The van der Waals surface area contributed by atoms with Crippen LogP contribution in [0.4, 0.5) is 0 Å². The van der Waals surface area contributed by atoms with E-state index in [1.54, 1.807) is 0 Å². The number of nitrogens with one attached hydrogen (secondary N) is 1. The molecule has 0 aromatic carbocycles. The summed E-state index contributed by atoms with van der Waals surface area (Å²) >= 11 is 0. The first kappa shape index (κ1) is 17.7. The summed E-state index contributed by atoms with van der Waals surface area (Å²) in [5.74, 6) is 0. The zero-order valence-electron chi connectivity index (χ0n) is 11.0. The molecule has 0 saturated heterocycles. The maximum atomic E-state index is 9.57. The highest BCUT2D eigenvalue weighted by atomic mass is 16.4. The summed E-state index contributed by atoms with van der Waals surface area (Å²) < 4.78 is 0. The Morgan fingerprint density at radius 2 is 1.56 bits per heavy atom. The fourth-order valence-corrected chi connectivity index (χ4v) is 1.45. The average molecular weight is 266 g/mol. The van der Waals surface area contributed by atoms with Crippen LogP contribution in [-0.2, 0) is 0 Å². The van der Waals surface area contributed by atoms with Gasteiger partial charge in [-0.3, -0.25) is 0 Å². The quantitative estimate of drug-likeness (QED) is 0.233. The maximum absolute atomic E-state index is 9.57. The van der Waals surface area contributed by atoms with Crippen molar-refractivity contribution in [1.29, 1.82) is 0 Å². The Bertz CT molecular complexity index is 206. The second-order valence-electron chi connectivity index (χ2n) is 4.66. The van der Waals surface area contributed by atoms with E-state index in [1.165, 1.54) is 0 Å². The lowest BCUT2D eigenvalue weighted by Crippen LogP contribution is -2.49. The van der Waals surface area contributed by atoms with Crippen LogP contribution in [0.2, 0.25) is 0 Å². The van der Waals surface area contributed by atoms with E-state index >= 15 is 0 Å². The standard InChI is InChI=1S/C11H26N2O5/c1-13(2)5-3-4-12-6-8(15)10(17)11(18)9(16)7-14/h8-12,14-18H,3-7H2,1-2H3. The fourth-order valence-electron chi connectivity index (χ4n) is 1.45. The molecule has 0 radical (unpaired) electrons. The van der Waals surface area contributed by atoms with Crippen molar-refractivity contribution in [3.05, 3.63) is 0 Å². The van der Waals surface area contributed by atoms with Crippen molar-refractivity contribution in [1.82, 2.24) is 10.2 Å². The van der Waals surface area contributed by atoms with Crippen molar-refractivity contribution in [2.24, 2.45) is 0 Å². The van der Waals surface area contributed by atoms with Crippen LogP contribution < -0.4 is 5.32 Å². The largest absolute Gasteiger partial charge is 0.394 e. The fraction of sp³-hybridized carbons (Fsp3) is 1.00. The number of rotatable bonds is 10. The lowest BCUT2D eigenvalue weighted by atomic mass is 10.0. The minimum atomic E-state index is -1.56. The Hall–Kier alpha value is -0.280. The topological polar surface area (TPSA) is 116 Å². The Morgan fingerprint density at radius 3 is 2.06 bits per heavy atom. The molecule has 0 saturated carbocycles. The van der Waals surface area contributed by atoms with E-state index in [0.717, 1.165) is 13.0 Å². The van der Waals surface area contributed by atoms with Gasteiger partial charge in [-0.25, -0.2) is 0 Å². The number of aliphatic hydroxyl groups is 5. The normalized spacial score (nSPS) is 18.7. The van der Waals surface area contributed by atoms with E-state index in [9.17, 15) is 15.3 Å². The Kier molecular flexibility index (Phi) is 9.47. The van der Waals surface area contributed by atoms with Crippen molar-refractivity contribution in [2.75, 3.05) is 40.3 Å². The number of nitrogens with zero attached hydrogens (tertiary/aromatic N) is 1. The van der Waals surface area contributed by atoms with Gasteiger partial charge in [0.2, 0.25) is 0 Å². The molecule has 0 aliphatic heterocycles. The molecule has 0 heterocycles. The zero-order chi connectivity index (χ0) is 14.1. The van der Waals surface area contributed by atoms with Crippen LogP contribution in [-0.4, -0.2) is 95.2 Å². The van der Waals surface area contributed by atoms with Crippen LogP contribution in [0.5, 0.6) is 0 Å². The molecule has 110 valence electrons. The molecular formula is C11H26N2O5. The number of hydrogen-bond donors (Lipinski definition) is 6. The van der Waals surface area contributed by atoms with Crippen LogP contribution in [0.1, 0.15) is 6.42 Å². The molecule has 0 amide bonds. The highest BCUT2D eigenvalue weighted by Gasteiger charge is 2.29. The maximum Gasteiger partial charge on any atom is 0.111 e. The minimum absolute atomic E-state index is 0.115. The molecular weight excluding hydrogens is 240 g/mol. The minimum Gasteiger partial charge on any atom is -0.394 e. The van der Waals surface area contributed by atoms with Crippen molar-refractivity contribution in [2.45, 2.75) is 30.8 Å². The second kappa shape index (κ2) is 9.62. The van der Waals surface area contributed by atoms with E-state index in [0.29, 0.717) is 6.54 Å². The van der Waals surface area contributed by atoms with Crippen LogP contribution in [0.3, 0.4) is 0 Å². The predicted octanol–water partition coefficient (Wildman–Crippen LogP) is -3.04. The lowest BCUT2D eigenvalue weighted by Gasteiger charge is -2.25. The van der Waals surface area contributed by atoms with Gasteiger partial charge in [0.05, 0.1) is 12.7 Å². The van der Waals surface area contributed by atoms with Crippen molar-refractivity contribution in [3.63, 3.8) is 0 Å². The van der Waals surface area contributed by atoms with Gasteiger partial charge in [-0.1, -0.05) is 0 Å². The summed E-state index contributed by atoms with van der Waals surface area (Å²) in [5.41, 5.74) is 0. The van der Waals surface area contributed by atoms with Gasteiger partial charge in [0, 0.05) is 6.54 Å². The van der Waals surface area contributed by atoms with Gasteiger partial charge in [-0.05, 0) is 33.6 Å². The SMILES string of the molecule is CN(C)CCCNCC(O)C(O)C(O)C(O)CO. The monoisotopic (exact) mass is 266 g/mol. The first-order valence-electron chi connectivity index (χ1n) is 6.08. The predicted molar refractivity (Wildman–Crippen MR) is 67.2 cm³/mol. The molecule has 0 fully saturated rings. The van der Waals surface area contributed by atoms with Gasteiger partial charge >= 0.3 is 0 Å². The third kappa shape index (κ3) is 7.22. The average Bonchev–Trinajstić information content (AvgIpc) is 2.34. The summed E-state index contributed by atoms with van der Waals surface area (Å²) in [6, 6.07) is 0. The summed E-state index contributed by atoms with van der Waals surface area (Å²) in [6.07, 6.45) is -4.80. The second-order valence-corrected chi connectivity index (χ2v) is 4.66. The van der Waals surface area contributed by atoms with E-state index in [2.05, 4.69) is 5.32 Å². The van der Waals surface area contributed by atoms with E-state index in [-0.39, 0.29) is 6.54 Å². The smallest absolute Gasteiger partial charge is 0.111 e. The molecule has 0 aromatic rings. The first-order chi connectivity index (χ1) is 8.40. The zero-order valence-corrected chi connectivity index (χ0v) is 11.0. The molecule has 0 spiro atoms. The summed E-state index contributed by atoms with van der Waals surface area (Å²) in [7, 11) is 3.93. The van der Waals surface area contributed by atoms with Crippen molar-refractivity contribution in [3.8, 4) is 0 Å². The van der Waals surface area contributed by atoms with Gasteiger partial charge in [-0.15, -0.1) is 0 Å². The molecule has 0 rings (SSSR count). The molecule has 7 nitrogen and oxygen atoms in total. The van der Waals surface area contributed by atoms with Gasteiger partial charge in [0.1, 0.15) is 18.3 Å². The highest BCUT2D eigenvalue weighted by molar-refractivity contribution is 4.81. The molecule has 0 aromatic heterocycles. The Labute approximate surface area is 108 Å².